The first-order valence-electron chi connectivity index (χ1n) is 7.21. The molecule has 7 nitrogen and oxygen atoms in total. The third-order valence-corrected chi connectivity index (χ3v) is 4.61. The molecular weight excluding hydrogens is 334 g/mol. The third kappa shape index (κ3) is 4.80. The third-order valence-electron chi connectivity index (χ3n) is 2.78. The van der Waals surface area contributed by atoms with Crippen LogP contribution in [0.1, 0.15) is 20.8 Å². The van der Waals surface area contributed by atoms with E-state index in [2.05, 4.69) is 20.8 Å². The van der Waals surface area contributed by atoms with Crippen molar-refractivity contribution in [2.45, 2.75) is 38.5 Å². The Hall–Kier alpha value is -1.87. The Bertz CT molecular complexity index is 667. The predicted molar refractivity (Wildman–Crippen MR) is 91.5 cm³/mol. The first-order valence-corrected chi connectivity index (χ1v) is 9.08. The number of rotatable bonds is 6. The summed E-state index contributed by atoms with van der Waals surface area (Å²) >= 11 is 2.85. The molecule has 0 saturated carbocycles. The van der Waals surface area contributed by atoms with E-state index in [9.17, 15) is 9.59 Å². The lowest BCUT2D eigenvalue weighted by molar-refractivity contribution is -0.117. The zero-order valence-corrected chi connectivity index (χ0v) is 14.8. The summed E-state index contributed by atoms with van der Waals surface area (Å²) in [7, 11) is 0. The number of hydrogen-bond acceptors (Lipinski definition) is 6. The fourth-order valence-electron chi connectivity index (χ4n) is 1.86. The van der Waals surface area contributed by atoms with E-state index >= 15 is 0 Å². The van der Waals surface area contributed by atoms with Crippen molar-refractivity contribution in [3.63, 3.8) is 0 Å². The van der Waals surface area contributed by atoms with Gasteiger partial charge in [0.05, 0.1) is 10.6 Å². The zero-order chi connectivity index (χ0) is 16.8. The van der Waals surface area contributed by atoms with E-state index in [-0.39, 0.29) is 17.7 Å². The Labute approximate surface area is 142 Å². The van der Waals surface area contributed by atoms with Crippen LogP contribution >= 0.6 is 23.1 Å². The zero-order valence-electron chi connectivity index (χ0n) is 13.2. The monoisotopic (exact) mass is 353 g/mol. The molecule has 124 valence electrons. The molecule has 0 aliphatic rings. The summed E-state index contributed by atoms with van der Waals surface area (Å²) < 4.78 is 1.96. The Morgan fingerprint density at radius 3 is 2.78 bits per heavy atom. The number of aromatic nitrogens is 3. The summed E-state index contributed by atoms with van der Waals surface area (Å²) in [5.41, 5.74) is 0. The highest BCUT2D eigenvalue weighted by atomic mass is 32.2. The normalized spacial score (nSPS) is 10.8. The second kappa shape index (κ2) is 8.11. The van der Waals surface area contributed by atoms with Gasteiger partial charge in [-0.3, -0.25) is 10.1 Å². The SMILES string of the molecule is CCn1c(SCC(=O)NC(=O)NC(C)C)nnc1-c1cccs1. The minimum Gasteiger partial charge on any atom is -0.336 e. The maximum atomic E-state index is 11.8. The van der Waals surface area contributed by atoms with Crippen molar-refractivity contribution in [2.24, 2.45) is 0 Å². The molecule has 2 aromatic heterocycles. The lowest BCUT2D eigenvalue weighted by Gasteiger charge is -2.09. The van der Waals surface area contributed by atoms with Crippen molar-refractivity contribution >= 4 is 35.0 Å². The maximum absolute atomic E-state index is 11.8. The van der Waals surface area contributed by atoms with E-state index in [0.29, 0.717) is 11.7 Å². The highest BCUT2D eigenvalue weighted by Gasteiger charge is 2.16. The van der Waals surface area contributed by atoms with Gasteiger partial charge >= 0.3 is 6.03 Å². The molecule has 0 aliphatic heterocycles. The summed E-state index contributed by atoms with van der Waals surface area (Å²) in [6.07, 6.45) is 0. The van der Waals surface area contributed by atoms with Crippen molar-refractivity contribution in [3.05, 3.63) is 17.5 Å². The van der Waals surface area contributed by atoms with Crippen LogP contribution in [0.4, 0.5) is 4.79 Å². The number of nitrogens with zero attached hydrogens (tertiary/aromatic N) is 3. The van der Waals surface area contributed by atoms with E-state index in [1.54, 1.807) is 11.3 Å². The van der Waals surface area contributed by atoms with Crippen molar-refractivity contribution in [1.82, 2.24) is 25.4 Å². The van der Waals surface area contributed by atoms with Crippen LogP contribution in [0.2, 0.25) is 0 Å². The molecule has 9 heteroatoms. The van der Waals surface area contributed by atoms with Gasteiger partial charge in [0, 0.05) is 12.6 Å². The first kappa shape index (κ1) is 17.5. The fourth-order valence-corrected chi connectivity index (χ4v) is 3.38. The molecule has 0 spiro atoms. The molecule has 0 radical (unpaired) electrons. The van der Waals surface area contributed by atoms with Crippen LogP contribution in [-0.2, 0) is 11.3 Å². The molecule has 0 fully saturated rings. The highest BCUT2D eigenvalue weighted by molar-refractivity contribution is 7.99. The van der Waals surface area contributed by atoms with E-state index < -0.39 is 6.03 Å². The van der Waals surface area contributed by atoms with Crippen LogP contribution in [0.25, 0.3) is 10.7 Å². The maximum Gasteiger partial charge on any atom is 0.321 e. The number of hydrogen-bond donors (Lipinski definition) is 2. The van der Waals surface area contributed by atoms with Crippen molar-refractivity contribution in [2.75, 3.05) is 5.75 Å². The molecule has 0 atom stereocenters. The minimum atomic E-state index is -0.484. The molecule has 2 N–H and O–H groups in total. The summed E-state index contributed by atoms with van der Waals surface area (Å²) in [6.45, 7) is 6.36. The average Bonchev–Trinajstić information content (AvgIpc) is 3.12. The molecule has 0 unspecified atom stereocenters. The van der Waals surface area contributed by atoms with Gasteiger partial charge in [-0.25, -0.2) is 4.79 Å². The molecule has 2 aromatic rings. The summed E-state index contributed by atoms with van der Waals surface area (Å²) in [4.78, 5) is 24.3. The number of carbonyl (C=O) groups is 2. The van der Waals surface area contributed by atoms with Crippen LogP contribution in [0.3, 0.4) is 0 Å². The molecule has 0 aromatic carbocycles. The minimum absolute atomic E-state index is 0.0213. The molecule has 0 bridgehead atoms. The second-order valence-electron chi connectivity index (χ2n) is 4.99. The average molecular weight is 353 g/mol. The van der Waals surface area contributed by atoms with E-state index in [1.807, 2.05) is 42.9 Å². The van der Waals surface area contributed by atoms with Crippen LogP contribution < -0.4 is 10.6 Å². The fraction of sp³-hybridized carbons (Fsp3) is 0.429. The molecule has 2 heterocycles. The van der Waals surface area contributed by atoms with Crippen molar-refractivity contribution in [3.8, 4) is 10.7 Å². The van der Waals surface area contributed by atoms with Gasteiger partial charge in [0.25, 0.3) is 0 Å². The summed E-state index contributed by atoms with van der Waals surface area (Å²) in [5.74, 6) is 0.535. The Morgan fingerprint density at radius 2 is 2.17 bits per heavy atom. The molecule has 23 heavy (non-hydrogen) atoms. The molecule has 0 aliphatic carbocycles. The molecule has 2 rings (SSSR count). The first-order chi connectivity index (χ1) is 11.0. The van der Waals surface area contributed by atoms with Gasteiger partial charge in [-0.05, 0) is 32.2 Å². The number of thiophene rings is 1. The molecule has 0 saturated heterocycles. The van der Waals surface area contributed by atoms with E-state index in [4.69, 9.17) is 0 Å². The summed E-state index contributed by atoms with van der Waals surface area (Å²) in [6, 6.07) is 3.44. The number of nitrogens with one attached hydrogen (secondary N) is 2. The quantitative estimate of drug-likeness (QED) is 0.778. The molecular formula is C14H19N5O2S2. The Morgan fingerprint density at radius 1 is 1.39 bits per heavy atom. The van der Waals surface area contributed by atoms with Gasteiger partial charge in [0.1, 0.15) is 0 Å². The Kier molecular flexibility index (Phi) is 6.17. The second-order valence-corrected chi connectivity index (χ2v) is 6.88. The van der Waals surface area contributed by atoms with Gasteiger partial charge < -0.3 is 9.88 Å². The lowest BCUT2D eigenvalue weighted by atomic mass is 10.4. The molecule has 3 amide bonds. The number of amides is 3. The van der Waals surface area contributed by atoms with Crippen LogP contribution in [0, 0.1) is 0 Å². The standard InChI is InChI=1S/C14H19N5O2S2/c1-4-19-12(10-6-5-7-22-10)17-18-14(19)23-8-11(20)16-13(21)15-9(2)3/h5-7,9H,4,8H2,1-3H3,(H2,15,16,20,21). The summed E-state index contributed by atoms with van der Waals surface area (Å²) in [5, 5.41) is 15.9. The highest BCUT2D eigenvalue weighted by Crippen LogP contribution is 2.26. The van der Waals surface area contributed by atoms with Gasteiger partial charge in [-0.15, -0.1) is 21.5 Å². The Balaban J connectivity index is 1.96. The van der Waals surface area contributed by atoms with E-state index in [1.165, 1.54) is 11.8 Å². The van der Waals surface area contributed by atoms with Crippen LogP contribution in [0.15, 0.2) is 22.7 Å². The number of thioether (sulfide) groups is 1. The number of imide groups is 1. The van der Waals surface area contributed by atoms with Crippen molar-refractivity contribution < 1.29 is 9.59 Å². The van der Waals surface area contributed by atoms with Crippen LogP contribution in [0.5, 0.6) is 0 Å². The van der Waals surface area contributed by atoms with Gasteiger partial charge in [-0.1, -0.05) is 17.8 Å². The number of carbonyl (C=O) groups excluding carboxylic acids is 2. The predicted octanol–water partition coefficient (Wildman–Crippen LogP) is 2.35. The van der Waals surface area contributed by atoms with Crippen LogP contribution in [-0.4, -0.2) is 38.5 Å². The van der Waals surface area contributed by atoms with Gasteiger partial charge in [0.15, 0.2) is 11.0 Å². The number of urea groups is 1. The van der Waals surface area contributed by atoms with Gasteiger partial charge in [0.2, 0.25) is 5.91 Å². The largest absolute Gasteiger partial charge is 0.336 e. The van der Waals surface area contributed by atoms with Crippen molar-refractivity contribution in [1.29, 1.82) is 0 Å². The van der Waals surface area contributed by atoms with Gasteiger partial charge in [-0.2, -0.15) is 0 Å². The van der Waals surface area contributed by atoms with E-state index in [0.717, 1.165) is 10.7 Å². The smallest absolute Gasteiger partial charge is 0.321 e. The topological polar surface area (TPSA) is 88.9 Å². The lowest BCUT2D eigenvalue weighted by Crippen LogP contribution is -2.43.